The van der Waals surface area contributed by atoms with Crippen LogP contribution in [0, 0.1) is 0 Å². The van der Waals surface area contributed by atoms with Gasteiger partial charge in [0.05, 0.1) is 18.5 Å². The van der Waals surface area contributed by atoms with Gasteiger partial charge < -0.3 is 10.0 Å². The smallest absolute Gasteiger partial charge is 0.303 e. The minimum atomic E-state index is -1.09. The monoisotopic (exact) mass is 472 g/mol. The Hall–Kier alpha value is -3.00. The lowest BCUT2D eigenvalue weighted by Gasteiger charge is -2.27. The number of carboxylic acid groups (broad SMARTS) is 1. The molecule has 8 heteroatoms. The van der Waals surface area contributed by atoms with E-state index in [1.165, 1.54) is 4.90 Å². The van der Waals surface area contributed by atoms with Crippen LogP contribution in [0.25, 0.3) is 0 Å². The maximum atomic E-state index is 13.1. The first kappa shape index (κ1) is 21.7. The molecule has 2 aromatic carbocycles. The molecule has 1 fully saturated rings. The Kier molecular flexibility index (Phi) is 6.99. The van der Waals surface area contributed by atoms with Crippen LogP contribution in [-0.4, -0.2) is 46.3 Å². The van der Waals surface area contributed by atoms with Crippen molar-refractivity contribution in [1.29, 1.82) is 0 Å². The minimum absolute atomic E-state index is 0.123. The summed E-state index contributed by atoms with van der Waals surface area (Å²) < 4.78 is 0.815. The van der Waals surface area contributed by atoms with Gasteiger partial charge in [-0.25, -0.2) is 4.90 Å². The van der Waals surface area contributed by atoms with E-state index in [-0.39, 0.29) is 31.7 Å². The number of carbonyl (C=O) groups excluding carboxylic acids is 3. The molecule has 2 aromatic rings. The molecule has 0 bridgehead atoms. The molecule has 1 saturated heterocycles. The summed E-state index contributed by atoms with van der Waals surface area (Å²) in [6, 6.07) is 15.3. The molecule has 7 nitrogen and oxygen atoms in total. The van der Waals surface area contributed by atoms with Crippen LogP contribution in [0.3, 0.4) is 0 Å². The maximum Gasteiger partial charge on any atom is 0.303 e. The molecule has 1 heterocycles. The van der Waals surface area contributed by atoms with Gasteiger partial charge >= 0.3 is 5.97 Å². The van der Waals surface area contributed by atoms with E-state index in [2.05, 4.69) is 15.9 Å². The highest BCUT2D eigenvalue weighted by Gasteiger charge is 2.44. The summed E-state index contributed by atoms with van der Waals surface area (Å²) in [7, 11) is 0. The number of imide groups is 1. The van der Waals surface area contributed by atoms with Crippen molar-refractivity contribution >= 4 is 45.3 Å². The van der Waals surface area contributed by atoms with E-state index in [4.69, 9.17) is 5.11 Å². The lowest BCUT2D eigenvalue weighted by molar-refractivity contribution is -0.143. The molecule has 1 N–H and O–H groups in total. The molecule has 3 amide bonds. The average molecular weight is 473 g/mol. The van der Waals surface area contributed by atoms with Crippen LogP contribution in [0.15, 0.2) is 59.1 Å². The number of carbonyl (C=O) groups is 4. The van der Waals surface area contributed by atoms with Gasteiger partial charge in [0.15, 0.2) is 0 Å². The molecule has 0 aromatic heterocycles. The zero-order valence-electron chi connectivity index (χ0n) is 16.2. The second-order valence-corrected chi connectivity index (χ2v) is 7.90. The van der Waals surface area contributed by atoms with Crippen LogP contribution in [0.5, 0.6) is 0 Å². The third kappa shape index (κ3) is 5.13. The van der Waals surface area contributed by atoms with Gasteiger partial charge in [0.25, 0.3) is 5.91 Å². The number of anilines is 1. The molecule has 30 heavy (non-hydrogen) atoms. The number of rotatable bonds is 8. The fourth-order valence-corrected chi connectivity index (χ4v) is 3.69. The number of amides is 3. The quantitative estimate of drug-likeness (QED) is 0.595. The molecule has 0 aliphatic carbocycles. The average Bonchev–Trinajstić information content (AvgIpc) is 3.02. The number of hydrogen-bond donors (Lipinski definition) is 1. The molecule has 1 aliphatic heterocycles. The predicted molar refractivity (Wildman–Crippen MR) is 114 cm³/mol. The normalized spacial score (nSPS) is 16.0. The van der Waals surface area contributed by atoms with Crippen molar-refractivity contribution in [3.63, 3.8) is 0 Å². The van der Waals surface area contributed by atoms with Crippen molar-refractivity contribution in [2.45, 2.75) is 31.7 Å². The Bertz CT molecular complexity index is 946. The van der Waals surface area contributed by atoms with Crippen LogP contribution < -0.4 is 4.90 Å². The fourth-order valence-electron chi connectivity index (χ4n) is 3.43. The van der Waals surface area contributed by atoms with Crippen molar-refractivity contribution in [3.05, 3.63) is 64.6 Å². The van der Waals surface area contributed by atoms with E-state index in [9.17, 15) is 19.2 Å². The van der Waals surface area contributed by atoms with Crippen molar-refractivity contribution in [1.82, 2.24) is 4.90 Å². The molecule has 1 aliphatic rings. The Labute approximate surface area is 182 Å². The highest BCUT2D eigenvalue weighted by Crippen LogP contribution is 2.27. The number of carboxylic acids is 1. The number of aliphatic carboxylic acids is 1. The van der Waals surface area contributed by atoms with Gasteiger partial charge in [-0.1, -0.05) is 46.3 Å². The number of halogens is 1. The van der Waals surface area contributed by atoms with Crippen molar-refractivity contribution < 1.29 is 24.3 Å². The molecule has 0 spiro atoms. The third-order valence-corrected chi connectivity index (χ3v) is 5.47. The molecular weight excluding hydrogens is 452 g/mol. The first-order valence-corrected chi connectivity index (χ1v) is 10.3. The standard InChI is InChI=1S/C22H21BrN2O5/c23-16-6-8-17(9-7-16)25-20(27)14-18(22(25)30)24(19(26)10-11-21(28)29)13-12-15-4-2-1-3-5-15/h1-9,18H,10-14H2,(H,28,29)/t18-/m0/s1. The highest BCUT2D eigenvalue weighted by atomic mass is 79.9. The van der Waals surface area contributed by atoms with Crippen LogP contribution in [0.1, 0.15) is 24.8 Å². The summed E-state index contributed by atoms with van der Waals surface area (Å²) in [5, 5.41) is 8.92. The largest absolute Gasteiger partial charge is 0.481 e. The van der Waals surface area contributed by atoms with E-state index in [0.29, 0.717) is 12.1 Å². The lowest BCUT2D eigenvalue weighted by Crippen LogP contribution is -2.46. The molecule has 0 saturated carbocycles. The van der Waals surface area contributed by atoms with Crippen molar-refractivity contribution in [2.24, 2.45) is 0 Å². The number of nitrogens with zero attached hydrogens (tertiary/aromatic N) is 2. The predicted octanol–water partition coefficient (Wildman–Crippen LogP) is 3.02. The van der Waals surface area contributed by atoms with Crippen LogP contribution in [0.2, 0.25) is 0 Å². The summed E-state index contributed by atoms with van der Waals surface area (Å²) in [6.45, 7) is 0.223. The molecule has 156 valence electrons. The molecule has 3 rings (SSSR count). The Morgan fingerprint density at radius 1 is 1.03 bits per heavy atom. The van der Waals surface area contributed by atoms with E-state index >= 15 is 0 Å². The first-order chi connectivity index (χ1) is 14.4. The van der Waals surface area contributed by atoms with Crippen molar-refractivity contribution in [2.75, 3.05) is 11.4 Å². The summed E-state index contributed by atoms with van der Waals surface area (Å²) in [5.74, 6) is -2.39. The summed E-state index contributed by atoms with van der Waals surface area (Å²) in [5.41, 5.74) is 1.42. The van der Waals surface area contributed by atoms with E-state index in [1.54, 1.807) is 24.3 Å². The lowest BCUT2D eigenvalue weighted by atomic mass is 10.1. The second-order valence-electron chi connectivity index (χ2n) is 6.98. The molecule has 1 atom stereocenters. The van der Waals surface area contributed by atoms with Crippen LogP contribution >= 0.6 is 15.9 Å². The molecule has 0 radical (unpaired) electrons. The summed E-state index contributed by atoms with van der Waals surface area (Å²) >= 11 is 3.32. The third-order valence-electron chi connectivity index (χ3n) is 4.94. The topological polar surface area (TPSA) is 95.0 Å². The van der Waals surface area contributed by atoms with E-state index < -0.39 is 23.8 Å². The van der Waals surface area contributed by atoms with Crippen molar-refractivity contribution in [3.8, 4) is 0 Å². The van der Waals surface area contributed by atoms with Gasteiger partial charge in [-0.2, -0.15) is 0 Å². The highest BCUT2D eigenvalue weighted by molar-refractivity contribution is 9.10. The van der Waals surface area contributed by atoms with E-state index in [1.807, 2.05) is 30.3 Å². The Morgan fingerprint density at radius 2 is 1.70 bits per heavy atom. The minimum Gasteiger partial charge on any atom is -0.481 e. The first-order valence-electron chi connectivity index (χ1n) is 9.54. The summed E-state index contributed by atoms with van der Waals surface area (Å²) in [4.78, 5) is 51.8. The fraction of sp³-hybridized carbons (Fsp3) is 0.273. The second kappa shape index (κ2) is 9.67. The SMILES string of the molecule is O=C(O)CCC(=O)N(CCc1ccccc1)[C@H]1CC(=O)N(c2ccc(Br)cc2)C1=O. The van der Waals surface area contributed by atoms with Gasteiger partial charge in [0, 0.05) is 17.4 Å². The number of benzene rings is 2. The zero-order valence-corrected chi connectivity index (χ0v) is 17.7. The van der Waals surface area contributed by atoms with Crippen LogP contribution in [0.4, 0.5) is 5.69 Å². The molecular formula is C22H21BrN2O5. The van der Waals surface area contributed by atoms with Gasteiger partial charge in [0.2, 0.25) is 11.8 Å². The Balaban J connectivity index is 1.81. The van der Waals surface area contributed by atoms with Gasteiger partial charge in [-0.3, -0.25) is 19.2 Å². The maximum absolute atomic E-state index is 13.1. The van der Waals surface area contributed by atoms with E-state index in [0.717, 1.165) is 14.9 Å². The zero-order chi connectivity index (χ0) is 21.7. The van der Waals surface area contributed by atoms with Gasteiger partial charge in [-0.05, 0) is 36.2 Å². The van der Waals surface area contributed by atoms with Gasteiger partial charge in [-0.15, -0.1) is 0 Å². The van der Waals surface area contributed by atoms with Crippen LogP contribution in [-0.2, 0) is 25.6 Å². The molecule has 0 unspecified atom stereocenters. The van der Waals surface area contributed by atoms with Gasteiger partial charge in [0.1, 0.15) is 6.04 Å². The number of hydrogen-bond acceptors (Lipinski definition) is 4. The summed E-state index contributed by atoms with van der Waals surface area (Å²) in [6.07, 6.45) is -0.176. The Morgan fingerprint density at radius 3 is 2.33 bits per heavy atom.